The molecule has 1 aliphatic heterocycles. The number of pyridine rings is 1. The van der Waals surface area contributed by atoms with E-state index in [0.717, 1.165) is 32.0 Å². The quantitative estimate of drug-likeness (QED) is 0.296. The number of aryl methyl sites for hydroxylation is 2. The monoisotopic (exact) mass is 535 g/mol. The van der Waals surface area contributed by atoms with Gasteiger partial charge in [0.05, 0.1) is 5.56 Å². The van der Waals surface area contributed by atoms with Gasteiger partial charge in [-0.25, -0.2) is 18.2 Å². The van der Waals surface area contributed by atoms with Crippen molar-refractivity contribution >= 4 is 0 Å². The topological polar surface area (TPSA) is 62.1 Å². The van der Waals surface area contributed by atoms with E-state index in [9.17, 15) is 18.0 Å². The molecule has 0 atom stereocenters. The van der Waals surface area contributed by atoms with E-state index >= 15 is 0 Å². The molecule has 1 N–H and O–H groups in total. The lowest BCUT2D eigenvalue weighted by molar-refractivity contribution is 0.0976. The number of H-pyrrole nitrogens is 1. The Hall–Kier alpha value is -3.65. The van der Waals surface area contributed by atoms with Gasteiger partial charge < -0.3 is 9.40 Å². The molecule has 0 bridgehead atoms. The zero-order valence-electron chi connectivity index (χ0n) is 22.8. The Morgan fingerprint density at radius 1 is 0.949 bits per heavy atom. The molecule has 0 unspecified atom stereocenters. The number of oxazole rings is 1. The van der Waals surface area contributed by atoms with Crippen molar-refractivity contribution in [2.24, 2.45) is 0 Å². The minimum absolute atomic E-state index is 0.0310. The summed E-state index contributed by atoms with van der Waals surface area (Å²) in [5, 5.41) is 0. The van der Waals surface area contributed by atoms with Crippen LogP contribution in [-0.4, -0.2) is 33.5 Å². The smallest absolute Gasteiger partial charge is 0.255 e. The Kier molecular flexibility index (Phi) is 7.01. The first-order valence-electron chi connectivity index (χ1n) is 13.1. The van der Waals surface area contributed by atoms with Crippen LogP contribution in [0.1, 0.15) is 56.5 Å². The first-order valence-corrected chi connectivity index (χ1v) is 13.1. The highest BCUT2D eigenvalue weighted by Gasteiger charge is 2.31. The van der Waals surface area contributed by atoms with E-state index in [2.05, 4.69) is 30.7 Å². The Morgan fingerprint density at radius 2 is 1.62 bits per heavy atom. The molecule has 39 heavy (non-hydrogen) atoms. The van der Waals surface area contributed by atoms with Gasteiger partial charge >= 0.3 is 0 Å². The normalized spacial score (nSPS) is 15.2. The summed E-state index contributed by atoms with van der Waals surface area (Å²) in [4.78, 5) is 22.9. The number of piperidine rings is 1. The highest BCUT2D eigenvalue weighted by Crippen LogP contribution is 2.40. The van der Waals surface area contributed by atoms with Crippen LogP contribution < -0.4 is 5.56 Å². The lowest BCUT2D eigenvalue weighted by Gasteiger charge is -2.40. The van der Waals surface area contributed by atoms with Gasteiger partial charge in [-0.3, -0.25) is 9.69 Å². The summed E-state index contributed by atoms with van der Waals surface area (Å²) in [6.07, 6.45) is 3.16. The number of nitrogens with zero attached hydrogens (tertiary/aromatic N) is 2. The van der Waals surface area contributed by atoms with Crippen LogP contribution >= 0.6 is 0 Å². The maximum absolute atomic E-state index is 15.0. The Morgan fingerprint density at radius 3 is 2.23 bits per heavy atom. The van der Waals surface area contributed by atoms with E-state index in [1.807, 2.05) is 0 Å². The van der Waals surface area contributed by atoms with Crippen molar-refractivity contribution in [2.75, 3.05) is 13.1 Å². The van der Waals surface area contributed by atoms with Crippen LogP contribution in [0, 0.1) is 31.3 Å². The predicted octanol–water partition coefficient (Wildman–Crippen LogP) is 7.38. The summed E-state index contributed by atoms with van der Waals surface area (Å²) >= 11 is 0. The number of aromatic amines is 1. The zero-order chi connectivity index (χ0) is 28.1. The average Bonchev–Trinajstić information content (AvgIpc) is 3.29. The van der Waals surface area contributed by atoms with Crippen LogP contribution in [-0.2, 0) is 0 Å². The van der Waals surface area contributed by atoms with Crippen molar-refractivity contribution in [1.82, 2.24) is 14.9 Å². The molecule has 0 amide bonds. The number of aromatic nitrogens is 2. The van der Waals surface area contributed by atoms with E-state index in [1.54, 1.807) is 19.9 Å². The Labute approximate surface area is 225 Å². The maximum atomic E-state index is 15.0. The molecule has 0 spiro atoms. The Bertz CT molecular complexity index is 1570. The molecule has 0 saturated carbocycles. The fraction of sp³-hybridized carbons (Fsp3) is 0.355. The molecule has 8 heteroatoms. The molecule has 0 radical (unpaired) electrons. The molecule has 204 valence electrons. The second-order valence-electron chi connectivity index (χ2n) is 11.3. The molecule has 2 aromatic heterocycles. The minimum Gasteiger partial charge on any atom is -0.440 e. The van der Waals surface area contributed by atoms with Crippen molar-refractivity contribution in [3.8, 4) is 33.7 Å². The van der Waals surface area contributed by atoms with Crippen LogP contribution in [0.25, 0.3) is 33.7 Å². The van der Waals surface area contributed by atoms with Crippen LogP contribution in [0.15, 0.2) is 51.8 Å². The predicted molar refractivity (Wildman–Crippen MR) is 146 cm³/mol. The van der Waals surface area contributed by atoms with Crippen LogP contribution in [0.5, 0.6) is 0 Å². The number of benzene rings is 2. The highest BCUT2D eigenvalue weighted by molar-refractivity contribution is 5.80. The lowest BCUT2D eigenvalue weighted by Crippen LogP contribution is -2.45. The van der Waals surface area contributed by atoms with Crippen molar-refractivity contribution in [2.45, 2.75) is 58.9 Å². The molecule has 2 aromatic carbocycles. The van der Waals surface area contributed by atoms with Gasteiger partial charge in [-0.2, -0.15) is 0 Å². The summed E-state index contributed by atoms with van der Waals surface area (Å²) in [6, 6.07) is 7.75. The van der Waals surface area contributed by atoms with Gasteiger partial charge in [-0.05, 0) is 108 Å². The molecular formula is C31H32F3N3O2. The van der Waals surface area contributed by atoms with Gasteiger partial charge in [0.15, 0.2) is 11.7 Å². The third kappa shape index (κ3) is 5.30. The van der Waals surface area contributed by atoms with Crippen LogP contribution in [0.3, 0.4) is 0 Å². The molecule has 1 fully saturated rings. The molecule has 5 nitrogen and oxygen atoms in total. The first kappa shape index (κ1) is 26.9. The van der Waals surface area contributed by atoms with Crippen molar-refractivity contribution < 1.29 is 17.6 Å². The SMILES string of the molecule is Cc1cc(F)cc(C)c1-c1cc(-c2nc(C3CCN(C(C)(C)C)CC3)oc2-c2ccc(F)cc2F)c[nH]c1=O. The number of rotatable bonds is 4. The molecule has 1 saturated heterocycles. The molecule has 0 aliphatic carbocycles. The third-order valence-corrected chi connectivity index (χ3v) is 7.56. The Balaban J connectivity index is 1.63. The summed E-state index contributed by atoms with van der Waals surface area (Å²) in [5.41, 5.74) is 2.85. The standard InChI is InChI=1S/C31H32F3N3O2/c1-17-12-22(33)13-18(2)26(17)24-14-20(16-35-29(24)38)27-28(23-7-6-21(32)15-25(23)34)39-30(36-27)19-8-10-37(11-9-19)31(3,4)5/h6-7,12-16,19H,8-11H2,1-5H3,(H,35,38). The number of nitrogens with one attached hydrogen (secondary N) is 1. The lowest BCUT2D eigenvalue weighted by atomic mass is 9.93. The number of hydrogen-bond acceptors (Lipinski definition) is 4. The fourth-order valence-electron chi connectivity index (χ4n) is 5.50. The summed E-state index contributed by atoms with van der Waals surface area (Å²) in [6.45, 7) is 11.8. The van der Waals surface area contributed by atoms with Gasteiger partial charge in [0.2, 0.25) is 0 Å². The summed E-state index contributed by atoms with van der Waals surface area (Å²) < 4.78 is 49.0. The summed E-state index contributed by atoms with van der Waals surface area (Å²) in [5.74, 6) is -1.15. The van der Waals surface area contributed by atoms with Crippen LogP contribution in [0.4, 0.5) is 13.2 Å². The molecular weight excluding hydrogens is 503 g/mol. The molecule has 4 aromatic rings. The largest absolute Gasteiger partial charge is 0.440 e. The molecule has 3 heterocycles. The average molecular weight is 536 g/mol. The highest BCUT2D eigenvalue weighted by atomic mass is 19.1. The van der Waals surface area contributed by atoms with Gasteiger partial charge in [0.1, 0.15) is 23.1 Å². The fourth-order valence-corrected chi connectivity index (χ4v) is 5.50. The van der Waals surface area contributed by atoms with Gasteiger partial charge in [-0.15, -0.1) is 0 Å². The summed E-state index contributed by atoms with van der Waals surface area (Å²) in [7, 11) is 0. The molecule has 1 aliphatic rings. The number of hydrogen-bond donors (Lipinski definition) is 1. The van der Waals surface area contributed by atoms with Gasteiger partial charge in [0.25, 0.3) is 5.56 Å². The van der Waals surface area contributed by atoms with Gasteiger partial charge in [-0.1, -0.05) is 0 Å². The maximum Gasteiger partial charge on any atom is 0.255 e. The second-order valence-corrected chi connectivity index (χ2v) is 11.3. The number of likely N-dealkylation sites (tertiary alicyclic amines) is 1. The van der Waals surface area contributed by atoms with Crippen LogP contribution in [0.2, 0.25) is 0 Å². The van der Waals surface area contributed by atoms with E-state index in [-0.39, 0.29) is 34.2 Å². The van der Waals surface area contributed by atoms with E-state index in [1.165, 1.54) is 30.5 Å². The minimum atomic E-state index is -0.767. The zero-order valence-corrected chi connectivity index (χ0v) is 22.8. The van der Waals surface area contributed by atoms with E-state index < -0.39 is 11.6 Å². The van der Waals surface area contributed by atoms with Crippen molar-refractivity contribution in [1.29, 1.82) is 0 Å². The molecule has 5 rings (SSSR count). The first-order chi connectivity index (χ1) is 18.4. The third-order valence-electron chi connectivity index (χ3n) is 7.56. The number of halogens is 3. The van der Waals surface area contributed by atoms with Crippen molar-refractivity contribution in [3.63, 3.8) is 0 Å². The van der Waals surface area contributed by atoms with Crippen molar-refractivity contribution in [3.05, 3.63) is 87.4 Å². The van der Waals surface area contributed by atoms with E-state index in [4.69, 9.17) is 9.40 Å². The van der Waals surface area contributed by atoms with E-state index in [0.29, 0.717) is 39.4 Å². The van der Waals surface area contributed by atoms with Gasteiger partial charge in [0, 0.05) is 34.8 Å². The second kappa shape index (κ2) is 10.2.